The maximum absolute atomic E-state index is 15.3. The molecule has 6 heterocycles. The van der Waals surface area contributed by atoms with E-state index in [0.29, 0.717) is 66.3 Å². The molecule has 0 radical (unpaired) electrons. The van der Waals surface area contributed by atoms with Gasteiger partial charge in [0.15, 0.2) is 0 Å². The third-order valence-electron chi connectivity index (χ3n) is 6.40. The molecule has 0 spiro atoms. The number of aromatic nitrogens is 6. The summed E-state index contributed by atoms with van der Waals surface area (Å²) in [5, 5.41) is 0. The molecule has 0 bridgehead atoms. The molecule has 36 heavy (non-hydrogen) atoms. The Morgan fingerprint density at radius 3 is 2.42 bits per heavy atom. The van der Waals surface area contributed by atoms with Crippen molar-refractivity contribution in [3.05, 3.63) is 53.8 Å². The van der Waals surface area contributed by atoms with Crippen molar-refractivity contribution in [3.8, 4) is 22.9 Å². The summed E-state index contributed by atoms with van der Waals surface area (Å²) in [6.45, 7) is 3.13. The van der Waals surface area contributed by atoms with Crippen LogP contribution in [0, 0.1) is 5.82 Å². The summed E-state index contributed by atoms with van der Waals surface area (Å²) in [5.74, 6) is 0.858. The van der Waals surface area contributed by atoms with Gasteiger partial charge < -0.3 is 23.8 Å². The molecule has 11 nitrogen and oxygen atoms in total. The lowest BCUT2D eigenvalue weighted by Crippen LogP contribution is -2.37. The molecule has 0 saturated carbocycles. The molecule has 12 heteroatoms. The Kier molecular flexibility index (Phi) is 5.82. The molecule has 1 saturated heterocycles. The van der Waals surface area contributed by atoms with E-state index in [1.54, 1.807) is 18.6 Å². The number of hydrogen-bond acceptors (Lipinski definition) is 10. The maximum atomic E-state index is 15.3. The number of morpholine rings is 1. The normalized spacial score (nSPS) is 17.8. The number of imidazole rings is 1. The van der Waals surface area contributed by atoms with Gasteiger partial charge in [-0.25, -0.2) is 29.3 Å². The molecule has 2 aliphatic rings. The molecule has 4 aromatic heterocycles. The van der Waals surface area contributed by atoms with Crippen LogP contribution in [-0.2, 0) is 15.9 Å². The Morgan fingerprint density at radius 1 is 1.00 bits per heavy atom. The summed E-state index contributed by atoms with van der Waals surface area (Å²) < 4.78 is 39.6. The van der Waals surface area contributed by atoms with Crippen molar-refractivity contribution in [1.29, 1.82) is 0 Å². The van der Waals surface area contributed by atoms with Gasteiger partial charge >= 0.3 is 0 Å². The summed E-state index contributed by atoms with van der Waals surface area (Å²) in [6, 6.07) is 1.41. The van der Waals surface area contributed by atoms with Gasteiger partial charge in [-0.15, -0.1) is 0 Å². The van der Waals surface area contributed by atoms with Crippen LogP contribution >= 0.6 is 0 Å². The Hall–Kier alpha value is -3.90. The maximum Gasteiger partial charge on any atom is 0.226 e. The number of pyridine rings is 1. The van der Waals surface area contributed by atoms with Crippen LogP contribution in [0.5, 0.6) is 11.8 Å². The predicted octanol–water partition coefficient (Wildman–Crippen LogP) is 2.24. The first-order valence-corrected chi connectivity index (χ1v) is 11.6. The number of fused-ring (bicyclic) bond motifs is 3. The lowest BCUT2D eigenvalue weighted by atomic mass is 10.0. The smallest absolute Gasteiger partial charge is 0.226 e. The topological polar surface area (TPSA) is 109 Å². The Labute approximate surface area is 205 Å². The van der Waals surface area contributed by atoms with Crippen LogP contribution in [0.2, 0.25) is 0 Å². The number of methoxy groups -OCH3 is 2. The molecule has 4 aromatic rings. The third-order valence-corrected chi connectivity index (χ3v) is 6.40. The molecule has 0 N–H and O–H groups in total. The van der Waals surface area contributed by atoms with Gasteiger partial charge in [-0.2, -0.15) is 0 Å². The minimum Gasteiger partial charge on any atom is -0.481 e. The fourth-order valence-electron chi connectivity index (χ4n) is 4.68. The minimum atomic E-state index is -0.617. The Bertz CT molecular complexity index is 1380. The van der Waals surface area contributed by atoms with Crippen LogP contribution in [0.3, 0.4) is 0 Å². The van der Waals surface area contributed by atoms with Crippen LogP contribution < -0.4 is 14.4 Å². The van der Waals surface area contributed by atoms with E-state index in [2.05, 4.69) is 24.9 Å². The van der Waals surface area contributed by atoms with E-state index in [0.717, 1.165) is 24.5 Å². The molecule has 1 atom stereocenters. The highest BCUT2D eigenvalue weighted by Gasteiger charge is 2.34. The highest BCUT2D eigenvalue weighted by molar-refractivity contribution is 5.65. The molecule has 0 aromatic carbocycles. The zero-order chi connectivity index (χ0) is 24.6. The van der Waals surface area contributed by atoms with Gasteiger partial charge in [0.1, 0.15) is 29.5 Å². The number of halogens is 1. The SMILES string of the molecule is COc1ncnc(OC)c1C1OCCc2nc3cc(F)c(-c4cnc(N5CCOCC5)nc4)cn3c21. The summed E-state index contributed by atoms with van der Waals surface area (Å²) in [4.78, 5) is 24.1. The molecular weight excluding hydrogens is 469 g/mol. The average molecular weight is 493 g/mol. The molecule has 0 aliphatic carbocycles. The van der Waals surface area contributed by atoms with Crippen molar-refractivity contribution in [2.75, 3.05) is 52.0 Å². The van der Waals surface area contributed by atoms with E-state index in [-0.39, 0.29) is 0 Å². The van der Waals surface area contributed by atoms with E-state index < -0.39 is 11.9 Å². The van der Waals surface area contributed by atoms with Crippen LogP contribution in [0.1, 0.15) is 23.1 Å². The number of hydrogen-bond donors (Lipinski definition) is 0. The van der Waals surface area contributed by atoms with Gasteiger partial charge in [0.2, 0.25) is 17.7 Å². The van der Waals surface area contributed by atoms with Gasteiger partial charge in [0, 0.05) is 55.3 Å². The highest BCUT2D eigenvalue weighted by atomic mass is 19.1. The largest absolute Gasteiger partial charge is 0.481 e. The summed E-state index contributed by atoms with van der Waals surface area (Å²) in [7, 11) is 3.05. The highest BCUT2D eigenvalue weighted by Crippen LogP contribution is 2.41. The van der Waals surface area contributed by atoms with Crippen molar-refractivity contribution < 1.29 is 23.3 Å². The van der Waals surface area contributed by atoms with E-state index in [1.807, 2.05) is 9.30 Å². The van der Waals surface area contributed by atoms with Gasteiger partial charge in [-0.1, -0.05) is 0 Å². The Balaban J connectivity index is 1.45. The van der Waals surface area contributed by atoms with Gasteiger partial charge in [0.25, 0.3) is 0 Å². The Morgan fingerprint density at radius 2 is 1.72 bits per heavy atom. The third kappa shape index (κ3) is 3.78. The van der Waals surface area contributed by atoms with Crippen LogP contribution in [0.25, 0.3) is 16.8 Å². The van der Waals surface area contributed by atoms with Crippen LogP contribution in [-0.4, -0.2) is 76.5 Å². The number of anilines is 1. The number of ether oxygens (including phenoxy) is 4. The fraction of sp³-hybridized carbons (Fsp3) is 0.375. The molecule has 1 unspecified atom stereocenters. The summed E-state index contributed by atoms with van der Waals surface area (Å²) in [5.41, 5.74) is 3.47. The second-order valence-corrected chi connectivity index (χ2v) is 8.38. The van der Waals surface area contributed by atoms with Gasteiger partial charge in [0.05, 0.1) is 45.4 Å². The molecule has 0 amide bonds. The van der Waals surface area contributed by atoms with Crippen molar-refractivity contribution in [2.45, 2.75) is 12.5 Å². The van der Waals surface area contributed by atoms with E-state index in [1.165, 1.54) is 26.6 Å². The van der Waals surface area contributed by atoms with Crippen LogP contribution in [0.15, 0.2) is 31.0 Å². The van der Waals surface area contributed by atoms with Crippen molar-refractivity contribution in [1.82, 2.24) is 29.3 Å². The van der Waals surface area contributed by atoms with E-state index in [4.69, 9.17) is 18.9 Å². The summed E-state index contributed by atoms with van der Waals surface area (Å²) in [6.07, 6.45) is 6.31. The number of rotatable bonds is 5. The minimum absolute atomic E-state index is 0.337. The van der Waals surface area contributed by atoms with Gasteiger partial charge in [-0.05, 0) is 0 Å². The zero-order valence-electron chi connectivity index (χ0n) is 19.8. The lowest BCUT2D eigenvalue weighted by Gasteiger charge is -2.26. The van der Waals surface area contributed by atoms with Crippen LogP contribution in [0.4, 0.5) is 10.3 Å². The van der Waals surface area contributed by atoms with Gasteiger partial charge in [-0.3, -0.25) is 4.40 Å². The first kappa shape index (κ1) is 22.6. The monoisotopic (exact) mass is 493 g/mol. The molecular formula is C24H24FN7O4. The molecule has 186 valence electrons. The molecule has 2 aliphatic heterocycles. The lowest BCUT2D eigenvalue weighted by molar-refractivity contribution is 0.0610. The summed E-state index contributed by atoms with van der Waals surface area (Å²) >= 11 is 0. The second-order valence-electron chi connectivity index (χ2n) is 8.38. The van der Waals surface area contributed by atoms with Crippen molar-refractivity contribution in [3.63, 3.8) is 0 Å². The molecule has 1 fully saturated rings. The predicted molar refractivity (Wildman–Crippen MR) is 126 cm³/mol. The second kappa shape index (κ2) is 9.28. The standard InChI is InChI=1S/C24H24FN7O4/c1-33-22-19(23(34-2)29-13-28-22)21-20-17(3-6-36-21)30-18-9-16(25)15(12-32(18)20)14-10-26-24(27-11-14)31-4-7-35-8-5-31/h9-13,21H,3-8H2,1-2H3. The fourth-order valence-corrected chi connectivity index (χ4v) is 4.68. The average Bonchev–Trinajstić information content (AvgIpc) is 3.30. The van der Waals surface area contributed by atoms with Crippen molar-refractivity contribution in [2.24, 2.45) is 0 Å². The van der Waals surface area contributed by atoms with Crippen molar-refractivity contribution >= 4 is 11.6 Å². The number of nitrogens with zero attached hydrogens (tertiary/aromatic N) is 7. The molecule has 6 rings (SSSR count). The van der Waals surface area contributed by atoms with E-state index >= 15 is 4.39 Å². The first-order chi connectivity index (χ1) is 17.7. The zero-order valence-corrected chi connectivity index (χ0v) is 19.8. The quantitative estimate of drug-likeness (QED) is 0.411. The first-order valence-electron chi connectivity index (χ1n) is 11.6. The van der Waals surface area contributed by atoms with E-state index in [9.17, 15) is 0 Å².